The number of aliphatic hydroxyl groups is 1. The summed E-state index contributed by atoms with van der Waals surface area (Å²) in [5.74, 6) is -0.724. The Morgan fingerprint density at radius 3 is 2.48 bits per heavy atom. The number of rotatable bonds is 10. The number of carboxylic acid groups (broad SMARTS) is 1. The van der Waals surface area contributed by atoms with E-state index in [0.717, 1.165) is 6.07 Å². The van der Waals surface area contributed by atoms with E-state index >= 15 is 0 Å². The van der Waals surface area contributed by atoms with E-state index in [2.05, 4.69) is 15.0 Å². The second kappa shape index (κ2) is 13.4. The molecule has 0 aliphatic heterocycles. The van der Waals surface area contributed by atoms with Gasteiger partial charge >= 0.3 is 12.1 Å². The fourth-order valence-electron chi connectivity index (χ4n) is 3.58. The number of allylic oxidation sites excluding steroid dienone is 5. The van der Waals surface area contributed by atoms with Gasteiger partial charge < -0.3 is 19.7 Å². The van der Waals surface area contributed by atoms with E-state index in [1.165, 1.54) is 37.5 Å². The van der Waals surface area contributed by atoms with E-state index in [1.54, 1.807) is 44.2 Å². The van der Waals surface area contributed by atoms with Crippen LogP contribution >= 0.6 is 0 Å². The summed E-state index contributed by atoms with van der Waals surface area (Å²) in [6.07, 6.45) is 8.21. The van der Waals surface area contributed by atoms with Gasteiger partial charge in [-0.2, -0.15) is 13.2 Å². The fraction of sp³-hybridized carbons (Fsp3) is 0.241. The number of alkyl halides is 3. The summed E-state index contributed by atoms with van der Waals surface area (Å²) in [7, 11) is 0. The molecular weight excluding hydrogens is 527 g/mol. The van der Waals surface area contributed by atoms with Gasteiger partial charge in [-0.1, -0.05) is 24.3 Å². The van der Waals surface area contributed by atoms with Crippen molar-refractivity contribution < 1.29 is 37.7 Å². The van der Waals surface area contributed by atoms with E-state index in [0.29, 0.717) is 22.7 Å². The lowest BCUT2D eigenvalue weighted by Crippen LogP contribution is -2.08. The van der Waals surface area contributed by atoms with Crippen LogP contribution in [0.25, 0.3) is 0 Å². The summed E-state index contributed by atoms with van der Waals surface area (Å²) >= 11 is 0. The Labute approximate surface area is 229 Å². The van der Waals surface area contributed by atoms with Crippen LogP contribution in [-0.4, -0.2) is 31.9 Å². The van der Waals surface area contributed by atoms with Crippen LogP contribution in [0.15, 0.2) is 95.0 Å². The quantitative estimate of drug-likeness (QED) is 0.254. The number of hydrogen-bond acceptors (Lipinski definition) is 7. The number of aliphatic hydroxyl groups excluding tert-OH is 1. The van der Waals surface area contributed by atoms with Crippen molar-refractivity contribution in [2.24, 2.45) is 4.99 Å². The van der Waals surface area contributed by atoms with Gasteiger partial charge in [0.05, 0.1) is 5.56 Å². The van der Waals surface area contributed by atoms with E-state index < -0.39 is 17.7 Å². The summed E-state index contributed by atoms with van der Waals surface area (Å²) < 4.78 is 50.5. The van der Waals surface area contributed by atoms with Crippen molar-refractivity contribution in [3.63, 3.8) is 0 Å². The molecule has 0 radical (unpaired) electrons. The molecule has 3 rings (SSSR count). The monoisotopic (exact) mass is 555 g/mol. The van der Waals surface area contributed by atoms with Gasteiger partial charge in [-0.3, -0.25) is 0 Å². The van der Waals surface area contributed by atoms with E-state index in [1.807, 2.05) is 0 Å². The van der Waals surface area contributed by atoms with Gasteiger partial charge in [0.15, 0.2) is 5.82 Å². The van der Waals surface area contributed by atoms with Gasteiger partial charge in [-0.15, -0.1) is 0 Å². The third-order valence-electron chi connectivity index (χ3n) is 5.55. The van der Waals surface area contributed by atoms with Crippen molar-refractivity contribution >= 4 is 11.7 Å². The molecule has 8 nitrogen and oxygen atoms in total. The maximum atomic E-state index is 13.0. The number of aryl methyl sites for hydroxylation is 1. The molecule has 0 amide bonds. The van der Waals surface area contributed by atoms with Crippen LogP contribution in [0.1, 0.15) is 48.3 Å². The number of aliphatic imine (C=N–C) groups is 1. The van der Waals surface area contributed by atoms with Gasteiger partial charge in [0, 0.05) is 24.4 Å². The second-order valence-corrected chi connectivity index (χ2v) is 8.58. The van der Waals surface area contributed by atoms with E-state index in [9.17, 15) is 28.2 Å². The Hall–Kier alpha value is -4.67. The summed E-state index contributed by atoms with van der Waals surface area (Å²) in [5, 5.41) is 19.1. The maximum Gasteiger partial charge on any atom is 0.416 e. The molecule has 1 aliphatic rings. The Morgan fingerprint density at radius 2 is 1.88 bits per heavy atom. The Morgan fingerprint density at radius 1 is 1.15 bits per heavy atom. The smallest absolute Gasteiger partial charge is 0.416 e. The van der Waals surface area contributed by atoms with Crippen LogP contribution in [-0.2, 0) is 33.7 Å². The minimum atomic E-state index is -4.42. The third-order valence-corrected chi connectivity index (χ3v) is 5.55. The van der Waals surface area contributed by atoms with Crippen LogP contribution in [0.3, 0.4) is 0 Å². The minimum Gasteiger partial charge on any atom is -0.511 e. The Bertz CT molecular complexity index is 1420. The summed E-state index contributed by atoms with van der Waals surface area (Å²) in [6, 6.07) is 3.83. The van der Waals surface area contributed by atoms with E-state index in [4.69, 9.17) is 9.47 Å². The molecule has 1 aliphatic carbocycles. The van der Waals surface area contributed by atoms with Gasteiger partial charge in [0.1, 0.15) is 36.0 Å². The number of nitrogens with zero attached hydrogens (tertiary/aromatic N) is 3. The van der Waals surface area contributed by atoms with E-state index in [-0.39, 0.29) is 48.2 Å². The van der Waals surface area contributed by atoms with Crippen molar-refractivity contribution in [2.45, 2.75) is 46.6 Å². The first-order chi connectivity index (χ1) is 19.0. The first-order valence-electron chi connectivity index (χ1n) is 12.2. The molecule has 2 aromatic rings. The molecule has 40 heavy (non-hydrogen) atoms. The van der Waals surface area contributed by atoms with Gasteiger partial charge in [0.25, 0.3) is 0 Å². The maximum absolute atomic E-state index is 13.0. The molecular formula is C29H28F3N3O5. The molecule has 11 heteroatoms. The standard InChI is InChI=1S/C29H28F3N3O5/c1-4-7-24(35-26(5-2)40-16-19-10-11-23(18(3)12-19)29(30,31)32)27-33-14-20(15-34-27)17-39-21-8-6-9-25(36)22(13-21)28(37)38/h4-8,10-15,36H,9,16-17H2,1-3H3,(H,37,38)/b7-4-,26-5+,35-24+. The lowest BCUT2D eigenvalue weighted by molar-refractivity contribution is -0.138. The Balaban J connectivity index is 1.69. The van der Waals surface area contributed by atoms with Gasteiger partial charge in [-0.05, 0) is 62.3 Å². The number of aliphatic carboxylic acids is 1. The number of aromatic nitrogens is 2. The van der Waals surface area contributed by atoms with Crippen LogP contribution in [0.4, 0.5) is 13.2 Å². The van der Waals surface area contributed by atoms with Gasteiger partial charge in [0.2, 0.25) is 5.88 Å². The van der Waals surface area contributed by atoms with Crippen molar-refractivity contribution in [2.75, 3.05) is 0 Å². The van der Waals surface area contributed by atoms with Crippen molar-refractivity contribution in [3.05, 3.63) is 118 Å². The topological polar surface area (TPSA) is 114 Å². The first-order valence-corrected chi connectivity index (χ1v) is 12.2. The number of ether oxygens (including phenoxy) is 2. The molecule has 1 aromatic heterocycles. The average Bonchev–Trinajstić information content (AvgIpc) is 3.10. The highest BCUT2D eigenvalue weighted by molar-refractivity contribution is 6.06. The molecule has 0 bridgehead atoms. The van der Waals surface area contributed by atoms with Crippen LogP contribution < -0.4 is 0 Å². The molecule has 0 fully saturated rings. The van der Waals surface area contributed by atoms with Gasteiger partial charge in [-0.25, -0.2) is 19.8 Å². The molecule has 2 N–H and O–H groups in total. The number of carbonyl (C=O) groups is 1. The molecule has 0 saturated heterocycles. The molecule has 1 heterocycles. The highest BCUT2D eigenvalue weighted by Gasteiger charge is 2.32. The average molecular weight is 556 g/mol. The summed E-state index contributed by atoms with van der Waals surface area (Å²) in [5.41, 5.74) is 0.738. The number of benzene rings is 1. The van der Waals surface area contributed by atoms with Crippen molar-refractivity contribution in [1.82, 2.24) is 9.97 Å². The zero-order valence-electron chi connectivity index (χ0n) is 22.1. The second-order valence-electron chi connectivity index (χ2n) is 8.58. The molecule has 0 saturated carbocycles. The minimum absolute atomic E-state index is 0.0171. The van der Waals surface area contributed by atoms with Crippen LogP contribution in [0.5, 0.6) is 0 Å². The first kappa shape index (κ1) is 29.9. The number of carboxylic acids is 1. The fourth-order valence-corrected chi connectivity index (χ4v) is 3.58. The van der Waals surface area contributed by atoms with Crippen LogP contribution in [0, 0.1) is 6.92 Å². The van der Waals surface area contributed by atoms with Crippen molar-refractivity contribution in [1.29, 1.82) is 0 Å². The zero-order chi connectivity index (χ0) is 29.3. The lowest BCUT2D eigenvalue weighted by Gasteiger charge is -2.12. The highest BCUT2D eigenvalue weighted by Crippen LogP contribution is 2.32. The molecule has 210 valence electrons. The zero-order valence-corrected chi connectivity index (χ0v) is 22.1. The predicted octanol–water partition coefficient (Wildman–Crippen LogP) is 6.50. The normalized spacial score (nSPS) is 14.8. The molecule has 0 atom stereocenters. The SMILES string of the molecule is C\C=C/C(=N\C(=C/C)OCc1ccc(C(F)(F)F)c(C)c1)c1ncc(COC2=CC(C(=O)O)=C(O)CC=C2)cn1. The third kappa shape index (κ3) is 8.16. The summed E-state index contributed by atoms with van der Waals surface area (Å²) in [4.78, 5) is 24.5. The molecule has 0 unspecified atom stereocenters. The van der Waals surface area contributed by atoms with Crippen molar-refractivity contribution in [3.8, 4) is 0 Å². The largest absolute Gasteiger partial charge is 0.511 e. The number of halogens is 3. The van der Waals surface area contributed by atoms with Crippen LogP contribution in [0.2, 0.25) is 0 Å². The lowest BCUT2D eigenvalue weighted by atomic mass is 10.1. The Kier molecular flexibility index (Phi) is 10.0. The summed E-state index contributed by atoms with van der Waals surface area (Å²) in [6.45, 7) is 4.98. The number of hydrogen-bond donors (Lipinski definition) is 2. The molecule has 1 aromatic carbocycles. The highest BCUT2D eigenvalue weighted by atomic mass is 19.4. The predicted molar refractivity (Wildman–Crippen MR) is 142 cm³/mol. The molecule has 0 spiro atoms.